The molecule has 1 heterocycles. The van der Waals surface area contributed by atoms with Crippen LogP contribution in [0.25, 0.3) is 10.9 Å². The van der Waals surface area contributed by atoms with E-state index in [0.29, 0.717) is 5.69 Å². The Bertz CT molecular complexity index is 744. The molecule has 106 valence electrons. The summed E-state index contributed by atoms with van der Waals surface area (Å²) in [6.07, 6.45) is 0. The van der Waals surface area contributed by atoms with Crippen LogP contribution >= 0.6 is 15.9 Å². The zero-order valence-corrected chi connectivity index (χ0v) is 13.1. The number of amides is 1. The van der Waals surface area contributed by atoms with Crippen LogP contribution in [0, 0.1) is 0 Å². The average molecular weight is 343 g/mol. The van der Waals surface area contributed by atoms with E-state index in [9.17, 15) is 4.79 Å². The van der Waals surface area contributed by atoms with Crippen molar-refractivity contribution in [2.75, 3.05) is 0 Å². The molecule has 3 aromatic rings. The average Bonchev–Trinajstić information content (AvgIpc) is 2.92. The molecule has 3 rings (SSSR count). The molecule has 0 aliphatic heterocycles. The molecular weight excluding hydrogens is 328 g/mol. The highest BCUT2D eigenvalue weighted by molar-refractivity contribution is 9.10. The van der Waals surface area contributed by atoms with E-state index in [1.165, 1.54) is 0 Å². The lowest BCUT2D eigenvalue weighted by molar-refractivity contribution is 0.0935. The van der Waals surface area contributed by atoms with Crippen molar-refractivity contribution in [1.29, 1.82) is 0 Å². The van der Waals surface area contributed by atoms with Gasteiger partial charge < -0.3 is 10.3 Å². The molecule has 0 saturated carbocycles. The summed E-state index contributed by atoms with van der Waals surface area (Å²) >= 11 is 3.41. The normalized spacial score (nSPS) is 12.3. The zero-order chi connectivity index (χ0) is 14.8. The molecule has 1 aromatic heterocycles. The quantitative estimate of drug-likeness (QED) is 0.726. The van der Waals surface area contributed by atoms with E-state index < -0.39 is 0 Å². The number of nitrogens with one attached hydrogen (secondary N) is 2. The first-order valence-electron chi connectivity index (χ1n) is 6.77. The third kappa shape index (κ3) is 3.00. The minimum absolute atomic E-state index is 0.0444. The number of aromatic nitrogens is 1. The van der Waals surface area contributed by atoms with Gasteiger partial charge in [-0.3, -0.25) is 4.79 Å². The number of benzene rings is 2. The van der Waals surface area contributed by atoms with E-state index >= 15 is 0 Å². The topological polar surface area (TPSA) is 44.9 Å². The third-order valence-corrected chi connectivity index (χ3v) is 4.02. The molecule has 21 heavy (non-hydrogen) atoms. The van der Waals surface area contributed by atoms with Gasteiger partial charge in [-0.25, -0.2) is 0 Å². The molecule has 0 spiro atoms. The lowest BCUT2D eigenvalue weighted by atomic mass is 10.1. The van der Waals surface area contributed by atoms with Crippen molar-refractivity contribution < 1.29 is 4.79 Å². The minimum Gasteiger partial charge on any atom is -0.351 e. The largest absolute Gasteiger partial charge is 0.351 e. The Morgan fingerprint density at radius 3 is 2.57 bits per heavy atom. The summed E-state index contributed by atoms with van der Waals surface area (Å²) in [5.74, 6) is -0.0957. The van der Waals surface area contributed by atoms with E-state index in [1.807, 2.05) is 61.5 Å². The molecule has 2 N–H and O–H groups in total. The molecule has 0 aliphatic rings. The second-order valence-electron chi connectivity index (χ2n) is 5.02. The number of hydrogen-bond acceptors (Lipinski definition) is 1. The Kier molecular flexibility index (Phi) is 3.80. The molecule has 0 bridgehead atoms. The fourth-order valence-electron chi connectivity index (χ4n) is 2.30. The number of para-hydroxylation sites is 1. The lowest BCUT2D eigenvalue weighted by Gasteiger charge is -2.13. The molecule has 0 radical (unpaired) electrons. The van der Waals surface area contributed by atoms with Gasteiger partial charge in [0.15, 0.2) is 0 Å². The number of halogens is 1. The van der Waals surface area contributed by atoms with Crippen LogP contribution in [0.2, 0.25) is 0 Å². The van der Waals surface area contributed by atoms with E-state index in [-0.39, 0.29) is 11.9 Å². The molecule has 4 heteroatoms. The van der Waals surface area contributed by atoms with E-state index in [1.54, 1.807) is 0 Å². The maximum atomic E-state index is 12.3. The van der Waals surface area contributed by atoms with Crippen molar-refractivity contribution in [2.45, 2.75) is 13.0 Å². The van der Waals surface area contributed by atoms with Crippen molar-refractivity contribution in [2.24, 2.45) is 0 Å². The molecule has 0 unspecified atom stereocenters. The van der Waals surface area contributed by atoms with Gasteiger partial charge in [-0.2, -0.15) is 0 Å². The van der Waals surface area contributed by atoms with Crippen LogP contribution in [0.4, 0.5) is 0 Å². The first-order chi connectivity index (χ1) is 10.1. The van der Waals surface area contributed by atoms with Crippen LogP contribution in [-0.4, -0.2) is 10.9 Å². The fourth-order valence-corrected chi connectivity index (χ4v) is 2.57. The lowest BCUT2D eigenvalue weighted by Crippen LogP contribution is -2.26. The summed E-state index contributed by atoms with van der Waals surface area (Å²) in [4.78, 5) is 15.5. The standard InChI is InChI=1S/C17H15BrN2O/c1-11(12-6-8-14(18)9-7-12)19-17(21)16-10-13-4-2-3-5-15(13)20-16/h2-11,20H,1H3,(H,19,21)/t11-/m1/s1. The van der Waals surface area contributed by atoms with Crippen LogP contribution in [0.15, 0.2) is 59.1 Å². The van der Waals surface area contributed by atoms with Crippen LogP contribution < -0.4 is 5.32 Å². The van der Waals surface area contributed by atoms with Gasteiger partial charge in [0, 0.05) is 15.4 Å². The Hall–Kier alpha value is -2.07. The SMILES string of the molecule is C[C@@H](NC(=O)c1cc2ccccc2[nH]1)c1ccc(Br)cc1. The second kappa shape index (κ2) is 5.74. The van der Waals surface area contributed by atoms with E-state index in [2.05, 4.69) is 26.2 Å². The van der Waals surface area contributed by atoms with Gasteiger partial charge >= 0.3 is 0 Å². The van der Waals surface area contributed by atoms with Gasteiger partial charge in [0.25, 0.3) is 5.91 Å². The molecular formula is C17H15BrN2O. The highest BCUT2D eigenvalue weighted by atomic mass is 79.9. The van der Waals surface area contributed by atoms with Crippen LogP contribution in [0.3, 0.4) is 0 Å². The molecule has 1 amide bonds. The van der Waals surface area contributed by atoms with E-state index in [4.69, 9.17) is 0 Å². The Labute approximate surface area is 131 Å². The van der Waals surface area contributed by atoms with Crippen molar-refractivity contribution in [3.63, 3.8) is 0 Å². The Balaban J connectivity index is 1.77. The number of rotatable bonds is 3. The Morgan fingerprint density at radius 2 is 1.86 bits per heavy atom. The van der Waals surface area contributed by atoms with Gasteiger partial charge in [-0.05, 0) is 36.8 Å². The summed E-state index contributed by atoms with van der Waals surface area (Å²) < 4.78 is 1.03. The zero-order valence-electron chi connectivity index (χ0n) is 11.6. The van der Waals surface area contributed by atoms with Crippen molar-refractivity contribution in [1.82, 2.24) is 10.3 Å². The summed E-state index contributed by atoms with van der Waals surface area (Å²) in [7, 11) is 0. The molecule has 0 aliphatic carbocycles. The summed E-state index contributed by atoms with van der Waals surface area (Å²) in [5, 5.41) is 4.05. The predicted octanol–water partition coefficient (Wildman–Crippen LogP) is 4.42. The number of hydrogen-bond donors (Lipinski definition) is 2. The molecule has 0 fully saturated rings. The monoisotopic (exact) mass is 342 g/mol. The number of H-pyrrole nitrogens is 1. The van der Waals surface area contributed by atoms with Crippen molar-refractivity contribution >= 4 is 32.7 Å². The van der Waals surface area contributed by atoms with Crippen LogP contribution in [0.5, 0.6) is 0 Å². The first kappa shape index (κ1) is 13.9. The third-order valence-electron chi connectivity index (χ3n) is 3.49. The smallest absolute Gasteiger partial charge is 0.268 e. The number of aromatic amines is 1. The number of carbonyl (C=O) groups is 1. The highest BCUT2D eigenvalue weighted by Crippen LogP contribution is 2.18. The van der Waals surface area contributed by atoms with Gasteiger partial charge in [0.05, 0.1) is 6.04 Å². The van der Waals surface area contributed by atoms with Gasteiger partial charge in [-0.15, -0.1) is 0 Å². The van der Waals surface area contributed by atoms with E-state index in [0.717, 1.165) is 20.9 Å². The summed E-state index contributed by atoms with van der Waals surface area (Å²) in [6, 6.07) is 17.6. The summed E-state index contributed by atoms with van der Waals surface area (Å²) in [5.41, 5.74) is 2.63. The molecule has 0 saturated heterocycles. The molecule has 1 atom stereocenters. The van der Waals surface area contributed by atoms with Crippen molar-refractivity contribution in [3.05, 3.63) is 70.3 Å². The second-order valence-corrected chi connectivity index (χ2v) is 5.93. The number of fused-ring (bicyclic) bond motifs is 1. The van der Waals surface area contributed by atoms with Crippen LogP contribution in [-0.2, 0) is 0 Å². The highest BCUT2D eigenvalue weighted by Gasteiger charge is 2.13. The summed E-state index contributed by atoms with van der Waals surface area (Å²) in [6.45, 7) is 1.98. The Morgan fingerprint density at radius 1 is 1.14 bits per heavy atom. The fraction of sp³-hybridized carbons (Fsp3) is 0.118. The maximum Gasteiger partial charge on any atom is 0.268 e. The van der Waals surface area contributed by atoms with Gasteiger partial charge in [-0.1, -0.05) is 46.3 Å². The predicted molar refractivity (Wildman–Crippen MR) is 88.3 cm³/mol. The minimum atomic E-state index is -0.0957. The number of carbonyl (C=O) groups excluding carboxylic acids is 1. The van der Waals surface area contributed by atoms with Gasteiger partial charge in [0.1, 0.15) is 5.69 Å². The molecule has 2 aromatic carbocycles. The first-order valence-corrected chi connectivity index (χ1v) is 7.57. The maximum absolute atomic E-state index is 12.3. The molecule has 3 nitrogen and oxygen atoms in total. The van der Waals surface area contributed by atoms with Crippen molar-refractivity contribution in [3.8, 4) is 0 Å². The van der Waals surface area contributed by atoms with Crippen LogP contribution in [0.1, 0.15) is 29.0 Å². The van der Waals surface area contributed by atoms with Gasteiger partial charge in [0.2, 0.25) is 0 Å².